The molecule has 0 saturated carbocycles. The Balaban J connectivity index is 2.20. The number of carbonyl (C=O) groups is 2. The van der Waals surface area contributed by atoms with E-state index in [1.807, 2.05) is 6.92 Å². The highest BCUT2D eigenvalue weighted by molar-refractivity contribution is 8.00. The van der Waals surface area contributed by atoms with Gasteiger partial charge in [-0.1, -0.05) is 13.3 Å². The molecule has 0 spiro atoms. The van der Waals surface area contributed by atoms with Gasteiger partial charge in [-0.2, -0.15) is 0 Å². The number of nitrogens with zero attached hydrogens (tertiary/aromatic N) is 1. The van der Waals surface area contributed by atoms with Gasteiger partial charge in [0.1, 0.15) is 6.04 Å². The molecule has 2 N–H and O–H groups in total. The van der Waals surface area contributed by atoms with Crippen LogP contribution in [-0.2, 0) is 9.59 Å². The second-order valence-corrected chi connectivity index (χ2v) is 6.72. The molecule has 0 bridgehead atoms. The number of carboxylic acid groups (broad SMARTS) is 1. The smallest absolute Gasteiger partial charge is 0.327 e. The Labute approximate surface area is 118 Å². The third-order valence-electron chi connectivity index (χ3n) is 3.99. The molecular formula is C13H22N2O3S. The highest BCUT2D eigenvalue weighted by Gasteiger charge is 2.48. The molecule has 1 amide bonds. The maximum atomic E-state index is 12.8. The Morgan fingerprint density at radius 2 is 2.26 bits per heavy atom. The number of nitrogens with one attached hydrogen (secondary N) is 1. The van der Waals surface area contributed by atoms with Gasteiger partial charge in [0.25, 0.3) is 0 Å². The molecule has 108 valence electrons. The quantitative estimate of drug-likeness (QED) is 0.815. The van der Waals surface area contributed by atoms with Crippen molar-refractivity contribution in [3.05, 3.63) is 0 Å². The van der Waals surface area contributed by atoms with E-state index in [1.165, 1.54) is 0 Å². The van der Waals surface area contributed by atoms with Crippen LogP contribution in [0.25, 0.3) is 0 Å². The van der Waals surface area contributed by atoms with Gasteiger partial charge in [0.15, 0.2) is 0 Å². The number of carboxylic acids is 1. The minimum atomic E-state index is -0.888. The van der Waals surface area contributed by atoms with E-state index in [1.54, 1.807) is 16.7 Å². The van der Waals surface area contributed by atoms with Crippen molar-refractivity contribution in [3.63, 3.8) is 0 Å². The predicted molar refractivity (Wildman–Crippen MR) is 75.1 cm³/mol. The van der Waals surface area contributed by atoms with Crippen LogP contribution in [0, 0.1) is 0 Å². The van der Waals surface area contributed by atoms with E-state index in [-0.39, 0.29) is 11.3 Å². The average molecular weight is 286 g/mol. The Morgan fingerprint density at radius 1 is 1.53 bits per heavy atom. The molecule has 0 aromatic rings. The van der Waals surface area contributed by atoms with Crippen LogP contribution in [0.2, 0.25) is 0 Å². The third-order valence-corrected chi connectivity index (χ3v) is 5.34. The number of rotatable bonds is 4. The van der Waals surface area contributed by atoms with Crippen LogP contribution in [-0.4, -0.2) is 51.1 Å². The van der Waals surface area contributed by atoms with Crippen LogP contribution < -0.4 is 5.32 Å². The minimum Gasteiger partial charge on any atom is -0.480 e. The van der Waals surface area contributed by atoms with Crippen LogP contribution in [0.4, 0.5) is 0 Å². The van der Waals surface area contributed by atoms with Crippen molar-refractivity contribution < 1.29 is 14.7 Å². The van der Waals surface area contributed by atoms with E-state index in [2.05, 4.69) is 12.2 Å². The number of thioether (sulfide) groups is 1. The second-order valence-electron chi connectivity index (χ2n) is 5.51. The first-order chi connectivity index (χ1) is 8.99. The fraction of sp³-hybridized carbons (Fsp3) is 0.846. The summed E-state index contributed by atoms with van der Waals surface area (Å²) < 4.78 is 0. The van der Waals surface area contributed by atoms with E-state index in [9.17, 15) is 14.7 Å². The third kappa shape index (κ3) is 2.74. The summed E-state index contributed by atoms with van der Waals surface area (Å²) >= 11 is 1.59. The summed E-state index contributed by atoms with van der Waals surface area (Å²) in [6.45, 7) is 4.79. The first-order valence-electron chi connectivity index (χ1n) is 6.92. The topological polar surface area (TPSA) is 69.6 Å². The van der Waals surface area contributed by atoms with Gasteiger partial charge in [0, 0.05) is 5.75 Å². The molecule has 2 saturated heterocycles. The summed E-state index contributed by atoms with van der Waals surface area (Å²) in [5, 5.41) is 12.6. The molecular weight excluding hydrogens is 264 g/mol. The summed E-state index contributed by atoms with van der Waals surface area (Å²) in [4.78, 5) is 25.7. The number of amides is 1. The van der Waals surface area contributed by atoms with Gasteiger partial charge in [0.2, 0.25) is 5.91 Å². The first kappa shape index (κ1) is 14.7. The molecule has 2 aliphatic heterocycles. The summed E-state index contributed by atoms with van der Waals surface area (Å²) in [6.07, 6.45) is 3.58. The van der Waals surface area contributed by atoms with E-state index >= 15 is 0 Å². The molecule has 5 nitrogen and oxygen atoms in total. The summed E-state index contributed by atoms with van der Waals surface area (Å²) in [6, 6.07) is -0.673. The molecule has 0 radical (unpaired) electrons. The Hall–Kier alpha value is -0.750. The predicted octanol–water partition coefficient (Wildman–Crippen LogP) is 1.28. The molecule has 0 aromatic heterocycles. The lowest BCUT2D eigenvalue weighted by molar-refractivity contribution is -0.151. The van der Waals surface area contributed by atoms with Crippen molar-refractivity contribution in [2.75, 3.05) is 12.3 Å². The van der Waals surface area contributed by atoms with Crippen LogP contribution in [0.3, 0.4) is 0 Å². The molecule has 2 rings (SSSR count). The van der Waals surface area contributed by atoms with E-state index in [4.69, 9.17) is 0 Å². The van der Waals surface area contributed by atoms with Crippen molar-refractivity contribution >= 4 is 23.6 Å². The van der Waals surface area contributed by atoms with E-state index < -0.39 is 17.6 Å². The maximum absolute atomic E-state index is 12.8. The van der Waals surface area contributed by atoms with Gasteiger partial charge in [-0.05, 0) is 32.7 Å². The van der Waals surface area contributed by atoms with Crippen molar-refractivity contribution in [3.8, 4) is 0 Å². The minimum absolute atomic E-state index is 0.0119. The molecule has 2 aliphatic rings. The van der Waals surface area contributed by atoms with Crippen molar-refractivity contribution in [2.45, 2.75) is 56.5 Å². The lowest BCUT2D eigenvalue weighted by Gasteiger charge is -2.34. The second kappa shape index (κ2) is 5.71. The maximum Gasteiger partial charge on any atom is 0.327 e. The Kier molecular flexibility index (Phi) is 4.40. The number of hydrogen-bond donors (Lipinski definition) is 2. The van der Waals surface area contributed by atoms with Gasteiger partial charge in [-0.15, -0.1) is 11.8 Å². The van der Waals surface area contributed by atoms with Crippen molar-refractivity contribution in [1.82, 2.24) is 10.2 Å². The normalized spacial score (nSPS) is 34.7. The zero-order chi connectivity index (χ0) is 14.0. The fourth-order valence-corrected chi connectivity index (χ4v) is 4.37. The fourth-order valence-electron chi connectivity index (χ4n) is 2.86. The summed E-state index contributed by atoms with van der Waals surface area (Å²) in [7, 11) is 0. The van der Waals surface area contributed by atoms with Crippen LogP contribution in [0.5, 0.6) is 0 Å². The molecule has 6 heteroatoms. The SMILES string of the molecule is CCCC1SCC(C(=O)O)N1C(=O)C1(C)CCCN1. The number of aliphatic carboxylic acids is 1. The Bertz CT molecular complexity index is 369. The van der Waals surface area contributed by atoms with Crippen LogP contribution in [0.15, 0.2) is 0 Å². The summed E-state index contributed by atoms with van der Waals surface area (Å²) in [5.41, 5.74) is -0.579. The van der Waals surface area contributed by atoms with Gasteiger partial charge < -0.3 is 15.3 Å². The van der Waals surface area contributed by atoms with Gasteiger partial charge in [0.05, 0.1) is 10.9 Å². The van der Waals surface area contributed by atoms with Gasteiger partial charge in [-0.25, -0.2) is 4.79 Å². The van der Waals surface area contributed by atoms with Crippen molar-refractivity contribution in [2.24, 2.45) is 0 Å². The largest absolute Gasteiger partial charge is 0.480 e. The van der Waals surface area contributed by atoms with Gasteiger partial charge >= 0.3 is 5.97 Å². The highest BCUT2D eigenvalue weighted by Crippen LogP contribution is 2.35. The van der Waals surface area contributed by atoms with Crippen LogP contribution >= 0.6 is 11.8 Å². The number of carbonyl (C=O) groups excluding carboxylic acids is 1. The summed E-state index contributed by atoms with van der Waals surface area (Å²) in [5.74, 6) is -0.427. The molecule has 0 aliphatic carbocycles. The standard InChI is InChI=1S/C13H22N2O3S/c1-3-5-10-15(9(8-19-10)11(16)17)12(18)13(2)6-4-7-14-13/h9-10,14H,3-8H2,1-2H3,(H,16,17). The van der Waals surface area contributed by atoms with E-state index in [0.29, 0.717) is 5.75 Å². The molecule has 19 heavy (non-hydrogen) atoms. The average Bonchev–Trinajstić information content (AvgIpc) is 2.96. The zero-order valence-electron chi connectivity index (χ0n) is 11.5. The number of hydrogen-bond acceptors (Lipinski definition) is 4. The molecule has 2 fully saturated rings. The molecule has 3 atom stereocenters. The highest BCUT2D eigenvalue weighted by atomic mass is 32.2. The molecule has 2 heterocycles. The van der Waals surface area contributed by atoms with Crippen molar-refractivity contribution in [1.29, 1.82) is 0 Å². The zero-order valence-corrected chi connectivity index (χ0v) is 12.3. The first-order valence-corrected chi connectivity index (χ1v) is 7.96. The molecule has 3 unspecified atom stereocenters. The lowest BCUT2D eigenvalue weighted by atomic mass is 9.97. The monoisotopic (exact) mass is 286 g/mol. The van der Waals surface area contributed by atoms with Gasteiger partial charge in [-0.3, -0.25) is 4.79 Å². The lowest BCUT2D eigenvalue weighted by Crippen LogP contribution is -2.57. The molecule has 0 aromatic carbocycles. The van der Waals surface area contributed by atoms with Crippen LogP contribution in [0.1, 0.15) is 39.5 Å². The van der Waals surface area contributed by atoms with E-state index in [0.717, 1.165) is 32.2 Å². The Morgan fingerprint density at radius 3 is 2.79 bits per heavy atom.